The first-order valence-corrected chi connectivity index (χ1v) is 9.02. The predicted molar refractivity (Wildman–Crippen MR) is 105 cm³/mol. The van der Waals surface area contributed by atoms with Crippen LogP contribution in [-0.4, -0.2) is 31.6 Å². The second kappa shape index (κ2) is 10.2. The Balaban J connectivity index is 1.81. The number of carbonyl (C=O) groups excluding carboxylic acids is 2. The van der Waals surface area contributed by atoms with Crippen molar-refractivity contribution in [2.75, 3.05) is 13.7 Å². The van der Waals surface area contributed by atoms with Crippen molar-refractivity contribution < 1.29 is 23.8 Å². The minimum atomic E-state index is -0.791. The van der Waals surface area contributed by atoms with E-state index in [2.05, 4.69) is 24.7 Å². The van der Waals surface area contributed by atoms with Crippen LogP contribution in [0.4, 0.5) is 0 Å². The molecular weight excluding hydrogens is 360 g/mol. The van der Waals surface area contributed by atoms with Gasteiger partial charge in [0.1, 0.15) is 17.2 Å². The maximum atomic E-state index is 12.2. The lowest BCUT2D eigenvalue weighted by molar-refractivity contribution is -0.128. The van der Waals surface area contributed by atoms with Gasteiger partial charge in [-0.2, -0.15) is 0 Å². The Bertz CT molecular complexity index is 772. The summed E-state index contributed by atoms with van der Waals surface area (Å²) in [5.41, 5.74) is 5.14. The highest BCUT2D eigenvalue weighted by atomic mass is 16.5. The summed E-state index contributed by atoms with van der Waals surface area (Å²) >= 11 is 0. The monoisotopic (exact) mass is 386 g/mol. The van der Waals surface area contributed by atoms with Gasteiger partial charge in [-0.05, 0) is 61.4 Å². The topological polar surface area (TPSA) is 85.9 Å². The summed E-state index contributed by atoms with van der Waals surface area (Å²) < 4.78 is 16.2. The highest BCUT2D eigenvalue weighted by Crippen LogP contribution is 2.18. The van der Waals surface area contributed by atoms with E-state index in [1.165, 1.54) is 0 Å². The van der Waals surface area contributed by atoms with Gasteiger partial charge in [-0.25, -0.2) is 0 Å². The third kappa shape index (κ3) is 6.50. The molecule has 0 saturated carbocycles. The van der Waals surface area contributed by atoms with E-state index in [-0.39, 0.29) is 0 Å². The van der Waals surface area contributed by atoms with Crippen LogP contribution in [0.1, 0.15) is 31.1 Å². The molecule has 7 heteroatoms. The van der Waals surface area contributed by atoms with Gasteiger partial charge in [0.15, 0.2) is 6.10 Å². The summed E-state index contributed by atoms with van der Waals surface area (Å²) in [7, 11) is 1.57. The second-order valence-electron chi connectivity index (χ2n) is 6.61. The van der Waals surface area contributed by atoms with Gasteiger partial charge in [0, 0.05) is 5.56 Å². The molecule has 2 aromatic rings. The first-order chi connectivity index (χ1) is 13.4. The Hall–Kier alpha value is -3.22. The molecule has 0 aliphatic heterocycles. The largest absolute Gasteiger partial charge is 0.497 e. The molecule has 2 N–H and O–H groups in total. The molecule has 0 spiro atoms. The highest BCUT2D eigenvalue weighted by molar-refractivity contribution is 5.95. The summed E-state index contributed by atoms with van der Waals surface area (Å²) in [5.74, 6) is 1.42. The molecule has 2 amide bonds. The van der Waals surface area contributed by atoms with Crippen LogP contribution >= 0.6 is 0 Å². The van der Waals surface area contributed by atoms with Gasteiger partial charge in [0.2, 0.25) is 0 Å². The van der Waals surface area contributed by atoms with Crippen molar-refractivity contribution in [2.45, 2.75) is 26.9 Å². The normalized spacial score (nSPS) is 11.5. The Labute approximate surface area is 165 Å². The van der Waals surface area contributed by atoms with E-state index in [9.17, 15) is 9.59 Å². The lowest BCUT2D eigenvalue weighted by Crippen LogP contribution is -2.47. The standard InChI is InChI=1S/C21H26N2O5/c1-14(2)13-27-18-7-5-16(6-8-18)21(25)23-22-20(24)15(3)28-19-11-9-17(26-4)10-12-19/h5-12,14-15H,13H2,1-4H3,(H,22,24)(H,23,25). The number of hydrogen-bond donors (Lipinski definition) is 2. The van der Waals surface area contributed by atoms with Crippen LogP contribution in [0.2, 0.25) is 0 Å². The van der Waals surface area contributed by atoms with Gasteiger partial charge in [-0.15, -0.1) is 0 Å². The molecule has 1 unspecified atom stereocenters. The average Bonchev–Trinajstić information content (AvgIpc) is 2.71. The molecule has 150 valence electrons. The number of hydrogen-bond acceptors (Lipinski definition) is 5. The van der Waals surface area contributed by atoms with Crippen LogP contribution in [0.15, 0.2) is 48.5 Å². The summed E-state index contributed by atoms with van der Waals surface area (Å²) in [6.45, 7) is 6.31. The van der Waals surface area contributed by atoms with E-state index in [4.69, 9.17) is 14.2 Å². The Kier molecular flexibility index (Phi) is 7.68. The summed E-state index contributed by atoms with van der Waals surface area (Å²) in [6, 6.07) is 13.6. The van der Waals surface area contributed by atoms with E-state index >= 15 is 0 Å². The third-order valence-corrected chi connectivity index (χ3v) is 3.74. The quantitative estimate of drug-likeness (QED) is 0.681. The molecule has 0 saturated heterocycles. The van der Waals surface area contributed by atoms with Crippen molar-refractivity contribution in [1.29, 1.82) is 0 Å². The van der Waals surface area contributed by atoms with E-state index in [1.54, 1.807) is 62.6 Å². The van der Waals surface area contributed by atoms with Gasteiger partial charge < -0.3 is 14.2 Å². The number of rotatable bonds is 8. The molecule has 1 atom stereocenters. The Morgan fingerprint density at radius 2 is 1.43 bits per heavy atom. The minimum Gasteiger partial charge on any atom is -0.497 e. The van der Waals surface area contributed by atoms with Gasteiger partial charge in [-0.1, -0.05) is 13.8 Å². The fourth-order valence-electron chi connectivity index (χ4n) is 2.17. The number of hydrazine groups is 1. The van der Waals surface area contributed by atoms with Crippen LogP contribution in [-0.2, 0) is 4.79 Å². The van der Waals surface area contributed by atoms with Gasteiger partial charge >= 0.3 is 0 Å². The van der Waals surface area contributed by atoms with Gasteiger partial charge in [0.05, 0.1) is 13.7 Å². The maximum absolute atomic E-state index is 12.2. The van der Waals surface area contributed by atoms with Crippen LogP contribution < -0.4 is 25.1 Å². The lowest BCUT2D eigenvalue weighted by Gasteiger charge is -2.15. The predicted octanol–water partition coefficient (Wildman–Crippen LogP) is 2.96. The zero-order valence-electron chi connectivity index (χ0n) is 16.5. The first kappa shape index (κ1) is 21.1. The number of amides is 2. The van der Waals surface area contributed by atoms with Crippen LogP contribution in [0.25, 0.3) is 0 Å². The van der Waals surface area contributed by atoms with Crippen molar-refractivity contribution in [1.82, 2.24) is 10.9 Å². The number of nitrogens with one attached hydrogen (secondary N) is 2. The van der Waals surface area contributed by atoms with Gasteiger partial charge in [-0.3, -0.25) is 20.4 Å². The molecular formula is C21H26N2O5. The Morgan fingerprint density at radius 3 is 2.00 bits per heavy atom. The molecule has 0 bridgehead atoms. The number of benzene rings is 2. The zero-order valence-corrected chi connectivity index (χ0v) is 16.5. The molecule has 0 aromatic heterocycles. The smallest absolute Gasteiger partial charge is 0.279 e. The summed E-state index contributed by atoms with van der Waals surface area (Å²) in [4.78, 5) is 24.3. The molecule has 2 rings (SSSR count). The van der Waals surface area contributed by atoms with Crippen molar-refractivity contribution in [2.24, 2.45) is 5.92 Å². The average molecular weight is 386 g/mol. The van der Waals surface area contributed by atoms with Gasteiger partial charge in [0.25, 0.3) is 11.8 Å². The maximum Gasteiger partial charge on any atom is 0.279 e. The van der Waals surface area contributed by atoms with Crippen molar-refractivity contribution in [3.05, 3.63) is 54.1 Å². The number of carbonyl (C=O) groups is 2. The minimum absolute atomic E-state index is 0.404. The molecule has 28 heavy (non-hydrogen) atoms. The van der Waals surface area contributed by atoms with E-state index in [0.717, 1.165) is 0 Å². The second-order valence-corrected chi connectivity index (χ2v) is 6.61. The number of methoxy groups -OCH3 is 1. The molecule has 0 aliphatic rings. The van der Waals surface area contributed by atoms with Crippen molar-refractivity contribution in [3.8, 4) is 17.2 Å². The molecule has 2 aromatic carbocycles. The summed E-state index contributed by atoms with van der Waals surface area (Å²) in [6.07, 6.45) is -0.791. The SMILES string of the molecule is COc1ccc(OC(C)C(=O)NNC(=O)c2ccc(OCC(C)C)cc2)cc1. The highest BCUT2D eigenvalue weighted by Gasteiger charge is 2.16. The van der Waals surface area contributed by atoms with E-state index in [0.29, 0.717) is 35.3 Å². The lowest BCUT2D eigenvalue weighted by atomic mass is 10.2. The van der Waals surface area contributed by atoms with Crippen LogP contribution in [0, 0.1) is 5.92 Å². The molecule has 0 radical (unpaired) electrons. The molecule has 0 fully saturated rings. The third-order valence-electron chi connectivity index (χ3n) is 3.74. The fraction of sp³-hybridized carbons (Fsp3) is 0.333. The van der Waals surface area contributed by atoms with E-state index in [1.807, 2.05) is 0 Å². The van der Waals surface area contributed by atoms with Crippen molar-refractivity contribution in [3.63, 3.8) is 0 Å². The molecule has 7 nitrogen and oxygen atoms in total. The summed E-state index contributed by atoms with van der Waals surface area (Å²) in [5, 5.41) is 0. The molecule has 0 heterocycles. The number of ether oxygens (including phenoxy) is 3. The van der Waals surface area contributed by atoms with Crippen molar-refractivity contribution >= 4 is 11.8 Å². The first-order valence-electron chi connectivity index (χ1n) is 9.02. The van der Waals surface area contributed by atoms with E-state index < -0.39 is 17.9 Å². The van der Waals surface area contributed by atoms with Crippen LogP contribution in [0.3, 0.4) is 0 Å². The molecule has 0 aliphatic carbocycles. The fourth-order valence-corrected chi connectivity index (χ4v) is 2.17. The zero-order chi connectivity index (χ0) is 20.5. The van der Waals surface area contributed by atoms with Crippen LogP contribution in [0.5, 0.6) is 17.2 Å². The Morgan fingerprint density at radius 1 is 0.857 bits per heavy atom.